The van der Waals surface area contributed by atoms with Gasteiger partial charge in [-0.15, -0.1) is 0 Å². The molecular weight excluding hydrogens is 268 g/mol. The van der Waals surface area contributed by atoms with Gasteiger partial charge in [0.25, 0.3) is 0 Å². The summed E-state index contributed by atoms with van der Waals surface area (Å²) in [5.74, 6) is 0.244. The van der Waals surface area contributed by atoms with Gasteiger partial charge in [-0.3, -0.25) is 4.68 Å². The van der Waals surface area contributed by atoms with Crippen molar-refractivity contribution in [2.24, 2.45) is 0 Å². The molecule has 1 N–H and O–H groups in total. The fourth-order valence-electron chi connectivity index (χ4n) is 2.54. The lowest BCUT2D eigenvalue weighted by Gasteiger charge is -2.29. The van der Waals surface area contributed by atoms with Crippen molar-refractivity contribution in [1.29, 1.82) is 0 Å². The Balaban J connectivity index is 2.33. The van der Waals surface area contributed by atoms with Crippen molar-refractivity contribution < 1.29 is 5.11 Å². The second-order valence-corrected chi connectivity index (χ2v) is 5.73. The SMILES string of the molecule is CC(C)n1ncc(Br)c1C1CCCCC1O. The van der Waals surface area contributed by atoms with Crippen LogP contribution < -0.4 is 0 Å². The zero-order chi connectivity index (χ0) is 11.7. The lowest BCUT2D eigenvalue weighted by molar-refractivity contribution is 0.101. The molecule has 0 saturated heterocycles. The average molecular weight is 287 g/mol. The standard InChI is InChI=1S/C12H19BrN2O/c1-8(2)15-12(10(13)7-14-15)9-5-3-4-6-11(9)16/h7-9,11,16H,3-6H2,1-2H3. The largest absolute Gasteiger partial charge is 0.392 e. The number of aliphatic hydroxyl groups excluding tert-OH is 1. The Morgan fingerprint density at radius 3 is 2.75 bits per heavy atom. The van der Waals surface area contributed by atoms with E-state index in [1.54, 1.807) is 0 Å². The molecule has 0 amide bonds. The van der Waals surface area contributed by atoms with Crippen LogP contribution in [0.25, 0.3) is 0 Å². The Morgan fingerprint density at radius 2 is 2.12 bits per heavy atom. The monoisotopic (exact) mass is 286 g/mol. The molecule has 1 aromatic rings. The normalized spacial score (nSPS) is 26.3. The lowest BCUT2D eigenvalue weighted by Crippen LogP contribution is -2.26. The maximum absolute atomic E-state index is 10.1. The smallest absolute Gasteiger partial charge is 0.0635 e. The van der Waals surface area contributed by atoms with Crippen LogP contribution in [-0.4, -0.2) is 21.0 Å². The molecule has 1 aliphatic carbocycles. The predicted octanol–water partition coefficient (Wildman–Crippen LogP) is 3.25. The molecule has 16 heavy (non-hydrogen) atoms. The third kappa shape index (κ3) is 2.18. The van der Waals surface area contributed by atoms with Crippen molar-refractivity contribution in [3.63, 3.8) is 0 Å². The molecule has 1 aliphatic rings. The topological polar surface area (TPSA) is 38.0 Å². The molecule has 1 fully saturated rings. The Bertz CT molecular complexity index is 362. The fraction of sp³-hybridized carbons (Fsp3) is 0.750. The van der Waals surface area contributed by atoms with Crippen LogP contribution in [0.5, 0.6) is 0 Å². The highest BCUT2D eigenvalue weighted by atomic mass is 79.9. The third-order valence-electron chi connectivity index (χ3n) is 3.36. The van der Waals surface area contributed by atoms with E-state index < -0.39 is 0 Å². The van der Waals surface area contributed by atoms with Gasteiger partial charge < -0.3 is 5.11 Å². The summed E-state index contributed by atoms with van der Waals surface area (Å²) in [4.78, 5) is 0. The Kier molecular flexibility index (Phi) is 3.70. The molecule has 3 nitrogen and oxygen atoms in total. The molecule has 2 atom stereocenters. The summed E-state index contributed by atoms with van der Waals surface area (Å²) in [6.07, 6.45) is 5.97. The molecule has 90 valence electrons. The quantitative estimate of drug-likeness (QED) is 0.906. The number of hydrogen-bond donors (Lipinski definition) is 1. The summed E-state index contributed by atoms with van der Waals surface area (Å²) in [5, 5.41) is 14.5. The first-order valence-electron chi connectivity index (χ1n) is 6.02. The Hall–Kier alpha value is -0.350. The summed E-state index contributed by atoms with van der Waals surface area (Å²) in [5.41, 5.74) is 1.17. The second-order valence-electron chi connectivity index (χ2n) is 4.87. The van der Waals surface area contributed by atoms with Crippen molar-refractivity contribution in [2.45, 2.75) is 57.6 Å². The van der Waals surface area contributed by atoms with Gasteiger partial charge in [-0.05, 0) is 42.6 Å². The summed E-state index contributed by atoms with van der Waals surface area (Å²) in [6, 6.07) is 0.343. The lowest BCUT2D eigenvalue weighted by atomic mass is 9.84. The van der Waals surface area contributed by atoms with Crippen LogP contribution in [0.1, 0.15) is 57.2 Å². The molecule has 0 bridgehead atoms. The summed E-state index contributed by atoms with van der Waals surface area (Å²) < 4.78 is 3.07. The zero-order valence-corrected chi connectivity index (χ0v) is 11.4. The first-order chi connectivity index (χ1) is 7.61. The van der Waals surface area contributed by atoms with Crippen LogP contribution in [0.2, 0.25) is 0 Å². The van der Waals surface area contributed by atoms with E-state index in [1.165, 1.54) is 12.1 Å². The average Bonchev–Trinajstić information content (AvgIpc) is 2.61. The maximum Gasteiger partial charge on any atom is 0.0635 e. The van der Waals surface area contributed by atoms with E-state index in [0.717, 1.165) is 23.7 Å². The number of aliphatic hydroxyl groups is 1. The van der Waals surface area contributed by atoms with Gasteiger partial charge in [0.2, 0.25) is 0 Å². The van der Waals surface area contributed by atoms with Gasteiger partial charge in [-0.2, -0.15) is 5.10 Å². The first kappa shape index (κ1) is 12.1. The van der Waals surface area contributed by atoms with Crippen LogP contribution in [0.15, 0.2) is 10.7 Å². The minimum absolute atomic E-state index is 0.209. The first-order valence-corrected chi connectivity index (χ1v) is 6.81. The van der Waals surface area contributed by atoms with E-state index in [4.69, 9.17) is 0 Å². The molecule has 2 rings (SSSR count). The van der Waals surface area contributed by atoms with E-state index in [0.29, 0.717) is 6.04 Å². The highest BCUT2D eigenvalue weighted by molar-refractivity contribution is 9.10. The zero-order valence-electron chi connectivity index (χ0n) is 9.86. The second kappa shape index (κ2) is 4.88. The van der Waals surface area contributed by atoms with E-state index in [9.17, 15) is 5.11 Å². The fourth-order valence-corrected chi connectivity index (χ4v) is 3.11. The van der Waals surface area contributed by atoms with Gasteiger partial charge >= 0.3 is 0 Å². The molecular formula is C12H19BrN2O. The molecule has 0 aliphatic heterocycles. The van der Waals surface area contributed by atoms with Crippen molar-refractivity contribution >= 4 is 15.9 Å². The summed E-state index contributed by atoms with van der Waals surface area (Å²) in [6.45, 7) is 4.25. The van der Waals surface area contributed by atoms with Gasteiger partial charge in [-0.25, -0.2) is 0 Å². The van der Waals surface area contributed by atoms with Crippen molar-refractivity contribution in [1.82, 2.24) is 9.78 Å². The van der Waals surface area contributed by atoms with E-state index >= 15 is 0 Å². The Morgan fingerprint density at radius 1 is 1.44 bits per heavy atom. The highest BCUT2D eigenvalue weighted by Gasteiger charge is 2.29. The maximum atomic E-state index is 10.1. The summed E-state index contributed by atoms with van der Waals surface area (Å²) >= 11 is 3.55. The minimum Gasteiger partial charge on any atom is -0.392 e. The van der Waals surface area contributed by atoms with Gasteiger partial charge in [0.1, 0.15) is 0 Å². The van der Waals surface area contributed by atoms with Crippen molar-refractivity contribution in [3.8, 4) is 0 Å². The molecule has 4 heteroatoms. The molecule has 1 saturated carbocycles. The molecule has 0 aromatic carbocycles. The molecule has 1 heterocycles. The van der Waals surface area contributed by atoms with Gasteiger partial charge in [-0.1, -0.05) is 12.8 Å². The Labute approximate surface area is 105 Å². The number of aromatic nitrogens is 2. The van der Waals surface area contributed by atoms with Crippen LogP contribution in [-0.2, 0) is 0 Å². The molecule has 0 spiro atoms. The van der Waals surface area contributed by atoms with Gasteiger partial charge in [0.15, 0.2) is 0 Å². The van der Waals surface area contributed by atoms with Crippen LogP contribution in [0, 0.1) is 0 Å². The molecule has 2 unspecified atom stereocenters. The van der Waals surface area contributed by atoms with Crippen molar-refractivity contribution in [2.75, 3.05) is 0 Å². The van der Waals surface area contributed by atoms with Crippen molar-refractivity contribution in [3.05, 3.63) is 16.4 Å². The number of hydrogen-bond acceptors (Lipinski definition) is 2. The number of halogens is 1. The summed E-state index contributed by atoms with van der Waals surface area (Å²) in [7, 11) is 0. The van der Waals surface area contributed by atoms with Gasteiger partial charge in [0.05, 0.1) is 22.5 Å². The molecule has 1 aromatic heterocycles. The van der Waals surface area contributed by atoms with Crippen LogP contribution >= 0.6 is 15.9 Å². The van der Waals surface area contributed by atoms with Gasteiger partial charge in [0, 0.05) is 12.0 Å². The van der Waals surface area contributed by atoms with E-state index in [-0.39, 0.29) is 12.0 Å². The third-order valence-corrected chi connectivity index (χ3v) is 3.97. The highest BCUT2D eigenvalue weighted by Crippen LogP contribution is 2.37. The predicted molar refractivity (Wildman–Crippen MR) is 67.5 cm³/mol. The number of nitrogens with zero attached hydrogens (tertiary/aromatic N) is 2. The van der Waals surface area contributed by atoms with Crippen LogP contribution in [0.3, 0.4) is 0 Å². The molecule has 0 radical (unpaired) electrons. The van der Waals surface area contributed by atoms with E-state index in [1.807, 2.05) is 10.9 Å². The number of rotatable bonds is 2. The van der Waals surface area contributed by atoms with Crippen LogP contribution in [0.4, 0.5) is 0 Å². The minimum atomic E-state index is -0.209. The van der Waals surface area contributed by atoms with E-state index in [2.05, 4.69) is 34.9 Å².